The lowest BCUT2D eigenvalue weighted by Gasteiger charge is -2.34. The van der Waals surface area contributed by atoms with E-state index in [1.807, 2.05) is 11.9 Å². The Morgan fingerprint density at radius 1 is 0.938 bits per heavy atom. The molecule has 4 rings (SSSR count). The quantitative estimate of drug-likeness (QED) is 0.344. The molecule has 0 unspecified atom stereocenters. The number of piperazine rings is 1. The van der Waals surface area contributed by atoms with Gasteiger partial charge in [0.2, 0.25) is 0 Å². The van der Waals surface area contributed by atoms with Gasteiger partial charge in [0.25, 0.3) is 17.5 Å². The van der Waals surface area contributed by atoms with E-state index in [4.69, 9.17) is 4.74 Å². The molecule has 0 N–H and O–H groups in total. The van der Waals surface area contributed by atoms with Gasteiger partial charge in [0, 0.05) is 64.5 Å². The van der Waals surface area contributed by atoms with Crippen molar-refractivity contribution in [3.8, 4) is 0 Å². The summed E-state index contributed by atoms with van der Waals surface area (Å²) in [6.07, 6.45) is 0.695. The third kappa shape index (κ3) is 4.67. The summed E-state index contributed by atoms with van der Waals surface area (Å²) in [5.74, 6) is -0.588. The zero-order chi connectivity index (χ0) is 22.7. The highest BCUT2D eigenvalue weighted by Gasteiger charge is 2.41. The summed E-state index contributed by atoms with van der Waals surface area (Å²) in [4.78, 5) is 45.1. The van der Waals surface area contributed by atoms with Crippen molar-refractivity contribution in [2.24, 2.45) is 0 Å². The van der Waals surface area contributed by atoms with Crippen LogP contribution in [0.25, 0.3) is 5.57 Å². The highest BCUT2D eigenvalue weighted by molar-refractivity contribution is 6.35. The molecule has 0 spiro atoms. The predicted octanol–water partition coefficient (Wildman–Crippen LogP) is 0.644. The molecule has 0 atom stereocenters. The molecule has 0 bridgehead atoms. The first-order chi connectivity index (χ1) is 15.5. The molecule has 32 heavy (non-hydrogen) atoms. The van der Waals surface area contributed by atoms with Crippen molar-refractivity contribution in [3.63, 3.8) is 0 Å². The van der Waals surface area contributed by atoms with Crippen molar-refractivity contribution in [2.75, 3.05) is 72.6 Å². The second-order valence-corrected chi connectivity index (χ2v) is 8.39. The molecular formula is C22H29N5O5. The molecule has 1 aromatic rings. The number of carbonyl (C=O) groups excluding carboxylic acids is 2. The third-order valence-corrected chi connectivity index (χ3v) is 6.29. The molecule has 10 nitrogen and oxygen atoms in total. The number of rotatable bonds is 7. The summed E-state index contributed by atoms with van der Waals surface area (Å²) in [5.41, 5.74) is 1.26. The van der Waals surface area contributed by atoms with E-state index in [1.54, 1.807) is 12.1 Å². The minimum absolute atomic E-state index is 0.0466. The van der Waals surface area contributed by atoms with Crippen molar-refractivity contribution in [1.82, 2.24) is 19.6 Å². The molecule has 2 saturated heterocycles. The Hall–Kier alpha value is -2.82. The Morgan fingerprint density at radius 3 is 2.22 bits per heavy atom. The monoisotopic (exact) mass is 443 g/mol. The fourth-order valence-corrected chi connectivity index (χ4v) is 4.38. The van der Waals surface area contributed by atoms with Crippen LogP contribution in [0.15, 0.2) is 30.0 Å². The molecule has 2 amide bonds. The maximum absolute atomic E-state index is 13.4. The molecule has 172 valence electrons. The highest BCUT2D eigenvalue weighted by Crippen LogP contribution is 2.33. The van der Waals surface area contributed by atoms with Crippen molar-refractivity contribution in [1.29, 1.82) is 0 Å². The Labute approximate surface area is 187 Å². The van der Waals surface area contributed by atoms with E-state index in [-0.39, 0.29) is 17.5 Å². The zero-order valence-corrected chi connectivity index (χ0v) is 18.4. The van der Waals surface area contributed by atoms with Crippen LogP contribution in [0, 0.1) is 10.1 Å². The number of imide groups is 1. The van der Waals surface area contributed by atoms with Gasteiger partial charge >= 0.3 is 0 Å². The average molecular weight is 444 g/mol. The normalized spacial score (nSPS) is 21.0. The lowest BCUT2D eigenvalue weighted by Crippen LogP contribution is -2.46. The van der Waals surface area contributed by atoms with Gasteiger partial charge in [0.1, 0.15) is 5.70 Å². The average Bonchev–Trinajstić information content (AvgIpc) is 3.05. The number of likely N-dealkylation sites (N-methyl/N-ethyl adjacent to an activating group) is 1. The number of carbonyl (C=O) groups is 2. The van der Waals surface area contributed by atoms with E-state index in [1.165, 1.54) is 17.0 Å². The van der Waals surface area contributed by atoms with Crippen LogP contribution in [0.1, 0.15) is 12.0 Å². The van der Waals surface area contributed by atoms with Crippen LogP contribution in [0.2, 0.25) is 0 Å². The molecule has 3 aliphatic heterocycles. The number of morpholine rings is 1. The summed E-state index contributed by atoms with van der Waals surface area (Å²) in [5, 5.41) is 11.0. The molecule has 3 heterocycles. The van der Waals surface area contributed by atoms with Gasteiger partial charge in [-0.3, -0.25) is 29.5 Å². The van der Waals surface area contributed by atoms with E-state index in [2.05, 4.69) is 9.80 Å². The largest absolute Gasteiger partial charge is 0.379 e. The van der Waals surface area contributed by atoms with Gasteiger partial charge in [-0.1, -0.05) is 0 Å². The van der Waals surface area contributed by atoms with E-state index < -0.39 is 4.92 Å². The minimum atomic E-state index is -0.473. The fraction of sp³-hybridized carbons (Fsp3) is 0.545. The van der Waals surface area contributed by atoms with Gasteiger partial charge in [0.05, 0.1) is 23.7 Å². The van der Waals surface area contributed by atoms with Crippen LogP contribution in [0.3, 0.4) is 0 Å². The minimum Gasteiger partial charge on any atom is -0.379 e. The predicted molar refractivity (Wildman–Crippen MR) is 118 cm³/mol. The van der Waals surface area contributed by atoms with Gasteiger partial charge in [-0.2, -0.15) is 0 Å². The summed E-state index contributed by atoms with van der Waals surface area (Å²) in [7, 11) is 2.03. The van der Waals surface area contributed by atoms with Gasteiger partial charge < -0.3 is 14.5 Å². The molecule has 0 aromatic heterocycles. The first-order valence-electron chi connectivity index (χ1n) is 11.0. The van der Waals surface area contributed by atoms with Crippen molar-refractivity contribution in [3.05, 3.63) is 45.6 Å². The van der Waals surface area contributed by atoms with Crippen LogP contribution in [0.5, 0.6) is 0 Å². The smallest absolute Gasteiger partial charge is 0.277 e. The Kier molecular flexibility index (Phi) is 6.83. The number of amides is 2. The summed E-state index contributed by atoms with van der Waals surface area (Å²) in [6, 6.07) is 5.88. The first-order valence-corrected chi connectivity index (χ1v) is 11.0. The fourth-order valence-electron chi connectivity index (χ4n) is 4.38. The first kappa shape index (κ1) is 22.4. The number of nitro benzene ring substituents is 1. The Morgan fingerprint density at radius 2 is 1.59 bits per heavy atom. The van der Waals surface area contributed by atoms with Crippen LogP contribution < -0.4 is 0 Å². The molecule has 1 aromatic carbocycles. The standard InChI is InChI=1S/C22H29N5O5/c1-23-9-11-25(12-10-23)20-19(17-3-5-18(6-4-17)27(30)31)21(28)26(22(20)29)8-2-7-24-13-15-32-16-14-24/h3-6H,2,7-16H2,1H3. The summed E-state index contributed by atoms with van der Waals surface area (Å²) >= 11 is 0. The molecule has 0 saturated carbocycles. The van der Waals surface area contributed by atoms with Crippen LogP contribution >= 0.6 is 0 Å². The van der Waals surface area contributed by atoms with Crippen LogP contribution in [-0.4, -0.2) is 109 Å². The van der Waals surface area contributed by atoms with E-state index in [9.17, 15) is 19.7 Å². The second kappa shape index (κ2) is 9.76. The maximum Gasteiger partial charge on any atom is 0.277 e. The van der Waals surface area contributed by atoms with Crippen molar-refractivity contribution < 1.29 is 19.2 Å². The van der Waals surface area contributed by atoms with E-state index >= 15 is 0 Å². The number of hydrogen-bond donors (Lipinski definition) is 0. The van der Waals surface area contributed by atoms with Gasteiger partial charge in [-0.15, -0.1) is 0 Å². The summed E-state index contributed by atoms with van der Waals surface area (Å²) in [6.45, 7) is 7.21. The molecule has 0 radical (unpaired) electrons. The maximum atomic E-state index is 13.4. The Balaban J connectivity index is 1.55. The molecule has 0 aliphatic carbocycles. The van der Waals surface area contributed by atoms with Gasteiger partial charge in [-0.05, 0) is 31.2 Å². The topological polar surface area (TPSA) is 99.5 Å². The van der Waals surface area contributed by atoms with Gasteiger partial charge in [-0.25, -0.2) is 0 Å². The number of nitro groups is 1. The van der Waals surface area contributed by atoms with Crippen LogP contribution in [-0.2, 0) is 14.3 Å². The molecule has 10 heteroatoms. The van der Waals surface area contributed by atoms with Crippen molar-refractivity contribution >= 4 is 23.1 Å². The van der Waals surface area contributed by atoms with Gasteiger partial charge in [0.15, 0.2) is 0 Å². The number of ether oxygens (including phenoxy) is 1. The van der Waals surface area contributed by atoms with E-state index in [0.29, 0.717) is 56.1 Å². The number of nitrogens with zero attached hydrogens (tertiary/aromatic N) is 5. The lowest BCUT2D eigenvalue weighted by atomic mass is 10.0. The van der Waals surface area contributed by atoms with Crippen LogP contribution in [0.4, 0.5) is 5.69 Å². The SMILES string of the molecule is CN1CCN(C2=C(c3ccc([N+](=O)[O-])cc3)C(=O)N(CCCN3CCOCC3)C2=O)CC1. The molecular weight excluding hydrogens is 414 g/mol. The number of hydrogen-bond acceptors (Lipinski definition) is 8. The summed E-state index contributed by atoms with van der Waals surface area (Å²) < 4.78 is 5.37. The number of non-ortho nitro benzene ring substituents is 1. The number of benzene rings is 1. The van der Waals surface area contributed by atoms with E-state index in [0.717, 1.165) is 32.7 Å². The lowest BCUT2D eigenvalue weighted by molar-refractivity contribution is -0.384. The third-order valence-electron chi connectivity index (χ3n) is 6.29. The Bertz CT molecular complexity index is 902. The van der Waals surface area contributed by atoms with Crippen molar-refractivity contribution in [2.45, 2.75) is 6.42 Å². The highest BCUT2D eigenvalue weighted by atomic mass is 16.6. The molecule has 3 aliphatic rings. The second-order valence-electron chi connectivity index (χ2n) is 8.39. The zero-order valence-electron chi connectivity index (χ0n) is 18.4. The molecule has 2 fully saturated rings.